The van der Waals surface area contributed by atoms with Crippen LogP contribution in [-0.4, -0.2) is 16.9 Å². The van der Waals surface area contributed by atoms with Crippen molar-refractivity contribution in [2.75, 3.05) is 16.0 Å². The molecule has 0 aliphatic heterocycles. The van der Waals surface area contributed by atoms with Crippen molar-refractivity contribution >= 4 is 51.4 Å². The Balaban J connectivity index is 1.46. The number of aromatic nitrogens is 1. The van der Waals surface area contributed by atoms with Crippen LogP contribution in [0.15, 0.2) is 60.0 Å². The number of nitrogens with zero attached hydrogens (tertiary/aromatic N) is 1. The average Bonchev–Trinajstić information content (AvgIpc) is 3.08. The van der Waals surface area contributed by atoms with Crippen LogP contribution in [0.2, 0.25) is 5.02 Å². The van der Waals surface area contributed by atoms with Crippen molar-refractivity contribution in [2.24, 2.45) is 0 Å². The predicted molar refractivity (Wildman–Crippen MR) is 110 cm³/mol. The zero-order valence-corrected chi connectivity index (χ0v) is 15.8. The molecular formula is C19H17ClN4O2S. The lowest BCUT2D eigenvalue weighted by Crippen LogP contribution is -2.19. The number of amides is 3. The maximum Gasteiger partial charge on any atom is 0.325 e. The minimum Gasteiger partial charge on any atom is -0.326 e. The lowest BCUT2D eigenvalue weighted by molar-refractivity contribution is -0.116. The molecule has 0 fully saturated rings. The van der Waals surface area contributed by atoms with E-state index in [1.165, 1.54) is 11.3 Å². The second-order valence-electron chi connectivity index (χ2n) is 5.65. The van der Waals surface area contributed by atoms with Gasteiger partial charge in [0.25, 0.3) is 0 Å². The number of para-hydroxylation sites is 1. The zero-order chi connectivity index (χ0) is 19.1. The highest BCUT2D eigenvalue weighted by atomic mass is 35.5. The Kier molecular flexibility index (Phi) is 6.40. The summed E-state index contributed by atoms with van der Waals surface area (Å²) < 4.78 is 0. The number of anilines is 3. The molecule has 2 aromatic carbocycles. The Bertz CT molecular complexity index is 930. The molecule has 138 valence electrons. The van der Waals surface area contributed by atoms with Crippen LogP contribution in [0.1, 0.15) is 12.1 Å². The van der Waals surface area contributed by atoms with Gasteiger partial charge in [0.2, 0.25) is 5.91 Å². The van der Waals surface area contributed by atoms with Crippen LogP contribution < -0.4 is 16.0 Å². The molecule has 0 saturated carbocycles. The number of urea groups is 1. The van der Waals surface area contributed by atoms with Gasteiger partial charge in [0.1, 0.15) is 0 Å². The summed E-state index contributed by atoms with van der Waals surface area (Å²) in [7, 11) is 0. The van der Waals surface area contributed by atoms with Gasteiger partial charge in [0.15, 0.2) is 5.13 Å². The summed E-state index contributed by atoms with van der Waals surface area (Å²) >= 11 is 7.21. The first-order valence-electron chi connectivity index (χ1n) is 8.21. The second kappa shape index (κ2) is 9.16. The lowest BCUT2D eigenvalue weighted by Gasteiger charge is -2.05. The molecule has 0 radical (unpaired) electrons. The molecule has 0 spiro atoms. The van der Waals surface area contributed by atoms with E-state index in [4.69, 9.17) is 11.6 Å². The minimum absolute atomic E-state index is 0.124. The predicted octanol–water partition coefficient (Wildman–Crippen LogP) is 5.01. The van der Waals surface area contributed by atoms with Crippen molar-refractivity contribution in [3.8, 4) is 0 Å². The summed E-state index contributed by atoms with van der Waals surface area (Å²) in [5.41, 5.74) is 2.10. The molecule has 0 bridgehead atoms. The van der Waals surface area contributed by atoms with Crippen LogP contribution >= 0.6 is 22.9 Å². The van der Waals surface area contributed by atoms with Crippen molar-refractivity contribution in [2.45, 2.75) is 12.8 Å². The van der Waals surface area contributed by atoms with E-state index in [0.29, 0.717) is 27.9 Å². The van der Waals surface area contributed by atoms with E-state index in [0.717, 1.165) is 5.69 Å². The molecule has 0 unspecified atom stereocenters. The zero-order valence-electron chi connectivity index (χ0n) is 14.2. The minimum atomic E-state index is -0.360. The fourth-order valence-electron chi connectivity index (χ4n) is 2.29. The Hall–Kier alpha value is -2.90. The molecule has 3 amide bonds. The third kappa shape index (κ3) is 6.09. The lowest BCUT2D eigenvalue weighted by atomic mass is 10.2. The summed E-state index contributed by atoms with van der Waals surface area (Å²) in [5.74, 6) is -0.124. The number of rotatable bonds is 6. The van der Waals surface area contributed by atoms with Gasteiger partial charge >= 0.3 is 6.03 Å². The van der Waals surface area contributed by atoms with Crippen molar-refractivity contribution in [3.63, 3.8) is 0 Å². The highest BCUT2D eigenvalue weighted by Gasteiger charge is 2.09. The van der Waals surface area contributed by atoms with E-state index in [1.807, 2.05) is 23.6 Å². The Morgan fingerprint density at radius 3 is 2.52 bits per heavy atom. The molecule has 3 rings (SSSR count). The fourth-order valence-corrected chi connectivity index (χ4v) is 3.22. The fraction of sp³-hybridized carbons (Fsp3) is 0.105. The summed E-state index contributed by atoms with van der Waals surface area (Å²) in [4.78, 5) is 28.3. The van der Waals surface area contributed by atoms with E-state index in [9.17, 15) is 9.59 Å². The number of thiazole rings is 1. The first-order valence-corrected chi connectivity index (χ1v) is 9.47. The third-order valence-electron chi connectivity index (χ3n) is 3.52. The Labute approximate surface area is 165 Å². The average molecular weight is 401 g/mol. The van der Waals surface area contributed by atoms with E-state index < -0.39 is 0 Å². The molecular weight excluding hydrogens is 384 g/mol. The number of benzene rings is 2. The van der Waals surface area contributed by atoms with Gasteiger partial charge in [0, 0.05) is 28.2 Å². The number of hydrogen-bond donors (Lipinski definition) is 3. The van der Waals surface area contributed by atoms with Gasteiger partial charge in [-0.15, -0.1) is 11.3 Å². The molecule has 0 atom stereocenters. The molecule has 3 N–H and O–H groups in total. The summed E-state index contributed by atoms with van der Waals surface area (Å²) in [6.07, 6.45) is 0.761. The van der Waals surface area contributed by atoms with Crippen LogP contribution in [0.25, 0.3) is 0 Å². The standard InChI is InChI=1S/C19H17ClN4O2S/c20-13-5-4-8-15(11-13)21-17(25)10-9-16-12-27-19(23-16)24-18(26)22-14-6-2-1-3-7-14/h1-8,11-12H,9-10H2,(H,21,25)(H2,22,23,24,26). The van der Waals surface area contributed by atoms with Crippen LogP contribution in [0, 0.1) is 0 Å². The molecule has 1 aromatic heterocycles. The topological polar surface area (TPSA) is 83.1 Å². The number of carbonyl (C=O) groups excluding carboxylic acids is 2. The van der Waals surface area contributed by atoms with Crippen molar-refractivity contribution in [1.82, 2.24) is 4.98 Å². The quantitative estimate of drug-likeness (QED) is 0.543. The van der Waals surface area contributed by atoms with Gasteiger partial charge in [-0.05, 0) is 36.8 Å². The van der Waals surface area contributed by atoms with Gasteiger partial charge in [0.05, 0.1) is 5.69 Å². The molecule has 8 heteroatoms. The molecule has 0 saturated heterocycles. The van der Waals surface area contributed by atoms with Gasteiger partial charge in [-0.25, -0.2) is 9.78 Å². The summed E-state index contributed by atoms with van der Waals surface area (Å²) in [6.45, 7) is 0. The molecule has 1 heterocycles. The van der Waals surface area contributed by atoms with E-state index in [2.05, 4.69) is 20.9 Å². The SMILES string of the molecule is O=C(CCc1csc(NC(=O)Nc2ccccc2)n1)Nc1cccc(Cl)c1. The molecule has 0 aliphatic rings. The smallest absolute Gasteiger partial charge is 0.325 e. The number of halogens is 1. The number of aryl methyl sites for hydroxylation is 1. The summed E-state index contributed by atoms with van der Waals surface area (Å²) in [6, 6.07) is 15.8. The van der Waals surface area contributed by atoms with Crippen molar-refractivity contribution < 1.29 is 9.59 Å². The van der Waals surface area contributed by atoms with Gasteiger partial charge in [-0.3, -0.25) is 10.1 Å². The van der Waals surface area contributed by atoms with E-state index >= 15 is 0 Å². The summed E-state index contributed by atoms with van der Waals surface area (Å²) in [5, 5.41) is 11.1. The molecule has 27 heavy (non-hydrogen) atoms. The van der Waals surface area contributed by atoms with Crippen molar-refractivity contribution in [1.29, 1.82) is 0 Å². The molecule has 6 nitrogen and oxygen atoms in total. The van der Waals surface area contributed by atoms with E-state index in [-0.39, 0.29) is 18.4 Å². The van der Waals surface area contributed by atoms with Crippen LogP contribution in [0.3, 0.4) is 0 Å². The van der Waals surface area contributed by atoms with Crippen LogP contribution in [-0.2, 0) is 11.2 Å². The van der Waals surface area contributed by atoms with Gasteiger partial charge < -0.3 is 10.6 Å². The monoisotopic (exact) mass is 400 g/mol. The normalized spacial score (nSPS) is 10.3. The third-order valence-corrected chi connectivity index (χ3v) is 4.56. The largest absolute Gasteiger partial charge is 0.326 e. The van der Waals surface area contributed by atoms with Crippen LogP contribution in [0.4, 0.5) is 21.3 Å². The Morgan fingerprint density at radius 1 is 0.963 bits per heavy atom. The molecule has 3 aromatic rings. The van der Waals surface area contributed by atoms with Crippen LogP contribution in [0.5, 0.6) is 0 Å². The molecule has 0 aliphatic carbocycles. The van der Waals surface area contributed by atoms with E-state index in [1.54, 1.807) is 36.4 Å². The number of nitrogens with one attached hydrogen (secondary N) is 3. The van der Waals surface area contributed by atoms with Gasteiger partial charge in [-0.1, -0.05) is 35.9 Å². The van der Waals surface area contributed by atoms with Crippen molar-refractivity contribution in [3.05, 3.63) is 70.7 Å². The first-order chi connectivity index (χ1) is 13.1. The second-order valence-corrected chi connectivity index (χ2v) is 6.94. The first kappa shape index (κ1) is 18.9. The maximum atomic E-state index is 12.0. The maximum absolute atomic E-state index is 12.0. The Morgan fingerprint density at radius 2 is 1.74 bits per heavy atom. The van der Waals surface area contributed by atoms with Gasteiger partial charge in [-0.2, -0.15) is 0 Å². The number of hydrogen-bond acceptors (Lipinski definition) is 4. The highest BCUT2D eigenvalue weighted by molar-refractivity contribution is 7.13. The highest BCUT2D eigenvalue weighted by Crippen LogP contribution is 2.18. The number of carbonyl (C=O) groups is 2.